The van der Waals surface area contributed by atoms with Crippen molar-refractivity contribution in [3.63, 3.8) is 0 Å². The molecule has 9 nitrogen and oxygen atoms in total. The molecule has 0 aliphatic heterocycles. The van der Waals surface area contributed by atoms with Gasteiger partial charge in [-0.1, -0.05) is 12.1 Å². The SMILES string of the molecule is CC(CCn1ccc(-c2cccc(-n3cccn3)c2)cc1=O)(C(=O)NO)S(C)(=O)=O. The number of aryl methyl sites for hydroxylation is 1. The predicted octanol–water partition coefficient (Wildman–Crippen LogP) is 1.40. The Bertz CT molecular complexity index is 1220. The number of hydroxylamine groups is 1. The van der Waals surface area contributed by atoms with E-state index in [2.05, 4.69) is 5.10 Å². The summed E-state index contributed by atoms with van der Waals surface area (Å²) < 4.78 is 25.3. The van der Waals surface area contributed by atoms with Gasteiger partial charge in [0.1, 0.15) is 0 Å². The minimum atomic E-state index is -3.83. The molecule has 0 bridgehead atoms. The van der Waals surface area contributed by atoms with Crippen LogP contribution >= 0.6 is 0 Å². The van der Waals surface area contributed by atoms with Gasteiger partial charge in [-0.2, -0.15) is 5.10 Å². The van der Waals surface area contributed by atoms with Crippen molar-refractivity contribution in [3.05, 3.63) is 71.4 Å². The standard InChI is InChI=1S/C20H22N4O5S/c1-20(19(26)22-27,30(2,28)29)8-12-23-11-7-16(14-18(23)25)15-5-3-6-17(13-15)24-10-4-9-21-24/h3-7,9-11,13-14,27H,8,12H2,1-2H3,(H,22,26). The lowest BCUT2D eigenvalue weighted by Gasteiger charge is -2.25. The molecular weight excluding hydrogens is 408 g/mol. The van der Waals surface area contributed by atoms with Crippen molar-refractivity contribution in [1.82, 2.24) is 19.8 Å². The molecule has 1 amide bonds. The molecule has 0 spiro atoms. The number of carbonyl (C=O) groups excluding carboxylic acids is 1. The molecule has 0 saturated carbocycles. The Morgan fingerprint density at radius 2 is 1.90 bits per heavy atom. The summed E-state index contributed by atoms with van der Waals surface area (Å²) in [6.07, 6.45) is 5.79. The van der Waals surface area contributed by atoms with Crippen LogP contribution in [0.4, 0.5) is 0 Å². The van der Waals surface area contributed by atoms with Crippen LogP contribution in [0.15, 0.2) is 65.8 Å². The van der Waals surface area contributed by atoms with Crippen molar-refractivity contribution in [2.24, 2.45) is 0 Å². The Hall–Kier alpha value is -3.24. The predicted molar refractivity (Wildman–Crippen MR) is 111 cm³/mol. The molecule has 0 fully saturated rings. The van der Waals surface area contributed by atoms with Crippen LogP contribution in [0.1, 0.15) is 13.3 Å². The molecule has 0 saturated heterocycles. The third kappa shape index (κ3) is 4.19. The fourth-order valence-corrected chi connectivity index (χ4v) is 3.89. The van der Waals surface area contributed by atoms with Crippen LogP contribution in [0, 0.1) is 0 Å². The maximum absolute atomic E-state index is 12.6. The molecule has 2 N–H and O–H groups in total. The molecular formula is C20H22N4O5S. The number of nitrogens with zero attached hydrogens (tertiary/aromatic N) is 3. The van der Waals surface area contributed by atoms with Gasteiger partial charge in [-0.3, -0.25) is 14.8 Å². The van der Waals surface area contributed by atoms with Crippen molar-refractivity contribution in [3.8, 4) is 16.8 Å². The smallest absolute Gasteiger partial charge is 0.264 e. The van der Waals surface area contributed by atoms with Gasteiger partial charge >= 0.3 is 0 Å². The van der Waals surface area contributed by atoms with E-state index in [1.165, 1.54) is 23.0 Å². The third-order valence-corrected chi connectivity index (χ3v) is 7.20. The summed E-state index contributed by atoms with van der Waals surface area (Å²) >= 11 is 0. The second-order valence-electron chi connectivity index (χ2n) is 7.14. The zero-order valence-corrected chi connectivity index (χ0v) is 17.3. The summed E-state index contributed by atoms with van der Waals surface area (Å²) in [6, 6.07) is 12.5. The van der Waals surface area contributed by atoms with Gasteiger partial charge in [0, 0.05) is 37.5 Å². The molecule has 2 aromatic heterocycles. The largest absolute Gasteiger partial charge is 0.315 e. The minimum Gasteiger partial charge on any atom is -0.315 e. The van der Waals surface area contributed by atoms with E-state index in [4.69, 9.17) is 5.21 Å². The highest BCUT2D eigenvalue weighted by atomic mass is 32.2. The first kappa shape index (κ1) is 21.5. The number of aromatic nitrogens is 3. The monoisotopic (exact) mass is 430 g/mol. The van der Waals surface area contributed by atoms with Gasteiger partial charge in [0.25, 0.3) is 11.5 Å². The number of rotatable bonds is 7. The lowest BCUT2D eigenvalue weighted by molar-refractivity contribution is -0.131. The van der Waals surface area contributed by atoms with E-state index in [1.54, 1.807) is 23.1 Å². The molecule has 1 aromatic carbocycles. The van der Waals surface area contributed by atoms with Gasteiger partial charge in [-0.15, -0.1) is 0 Å². The zero-order chi connectivity index (χ0) is 21.9. The molecule has 2 heterocycles. The molecule has 0 radical (unpaired) electrons. The van der Waals surface area contributed by atoms with Crippen molar-refractivity contribution in [2.75, 3.05) is 6.26 Å². The van der Waals surface area contributed by atoms with Crippen molar-refractivity contribution < 1.29 is 18.4 Å². The van der Waals surface area contributed by atoms with Crippen LogP contribution in [0.3, 0.4) is 0 Å². The summed E-state index contributed by atoms with van der Waals surface area (Å²) in [5.74, 6) is -1.04. The van der Waals surface area contributed by atoms with E-state index in [0.29, 0.717) is 5.56 Å². The fourth-order valence-electron chi connectivity index (χ4n) is 3.04. The quantitative estimate of drug-likeness (QED) is 0.431. The summed E-state index contributed by atoms with van der Waals surface area (Å²) in [6.45, 7) is 1.21. The summed E-state index contributed by atoms with van der Waals surface area (Å²) in [4.78, 5) is 24.5. The molecule has 1 unspecified atom stereocenters. The molecule has 158 valence electrons. The number of benzene rings is 1. The van der Waals surface area contributed by atoms with Gasteiger partial charge in [0.15, 0.2) is 14.6 Å². The van der Waals surface area contributed by atoms with Crippen LogP contribution < -0.4 is 11.0 Å². The van der Waals surface area contributed by atoms with Crippen molar-refractivity contribution in [1.29, 1.82) is 0 Å². The number of nitrogens with one attached hydrogen (secondary N) is 1. The van der Waals surface area contributed by atoms with Crippen LogP contribution in [-0.2, 0) is 21.2 Å². The van der Waals surface area contributed by atoms with E-state index in [1.807, 2.05) is 36.5 Å². The Balaban J connectivity index is 1.85. The van der Waals surface area contributed by atoms with E-state index in [-0.39, 0.29) is 18.5 Å². The van der Waals surface area contributed by atoms with Crippen LogP contribution in [-0.4, -0.2) is 44.9 Å². The molecule has 0 aliphatic rings. The maximum atomic E-state index is 12.6. The zero-order valence-electron chi connectivity index (χ0n) is 16.5. The molecule has 1 atom stereocenters. The maximum Gasteiger partial charge on any atom is 0.264 e. The summed E-state index contributed by atoms with van der Waals surface area (Å²) in [5, 5.41) is 13.1. The Labute approximate surface area is 173 Å². The lowest BCUT2D eigenvalue weighted by Crippen LogP contribution is -2.49. The van der Waals surface area contributed by atoms with Gasteiger partial charge < -0.3 is 4.57 Å². The highest BCUT2D eigenvalue weighted by Gasteiger charge is 2.43. The number of hydrogen-bond acceptors (Lipinski definition) is 6. The average molecular weight is 430 g/mol. The second kappa shape index (κ2) is 8.25. The van der Waals surface area contributed by atoms with Gasteiger partial charge in [-0.05, 0) is 48.7 Å². The lowest BCUT2D eigenvalue weighted by atomic mass is 10.1. The molecule has 30 heavy (non-hydrogen) atoms. The van der Waals surface area contributed by atoms with E-state index in [0.717, 1.165) is 17.5 Å². The highest BCUT2D eigenvalue weighted by molar-refractivity contribution is 7.92. The molecule has 10 heteroatoms. The number of amides is 1. The first-order valence-electron chi connectivity index (χ1n) is 9.11. The number of pyridine rings is 1. The van der Waals surface area contributed by atoms with Crippen molar-refractivity contribution in [2.45, 2.75) is 24.6 Å². The third-order valence-electron chi connectivity index (χ3n) is 5.17. The first-order valence-corrected chi connectivity index (χ1v) is 11.0. The summed E-state index contributed by atoms with van der Waals surface area (Å²) in [5.41, 5.74) is 3.43. The Morgan fingerprint density at radius 1 is 1.17 bits per heavy atom. The number of hydrogen-bond donors (Lipinski definition) is 2. The fraction of sp³-hybridized carbons (Fsp3) is 0.250. The number of sulfone groups is 1. The van der Waals surface area contributed by atoms with E-state index >= 15 is 0 Å². The first-order chi connectivity index (χ1) is 14.2. The second-order valence-corrected chi connectivity index (χ2v) is 9.59. The minimum absolute atomic E-state index is 0.0105. The molecule has 0 aliphatic carbocycles. The van der Waals surface area contributed by atoms with E-state index < -0.39 is 20.5 Å². The van der Waals surface area contributed by atoms with E-state index in [9.17, 15) is 18.0 Å². The normalized spacial score (nSPS) is 13.6. The molecule has 3 aromatic rings. The van der Waals surface area contributed by atoms with Gasteiger partial charge in [0.2, 0.25) is 0 Å². The highest BCUT2D eigenvalue weighted by Crippen LogP contribution is 2.23. The Kier molecular flexibility index (Phi) is 5.90. The van der Waals surface area contributed by atoms with Gasteiger partial charge in [0.05, 0.1) is 5.69 Å². The average Bonchev–Trinajstić information content (AvgIpc) is 3.26. The van der Waals surface area contributed by atoms with Gasteiger partial charge in [-0.25, -0.2) is 18.6 Å². The summed E-state index contributed by atoms with van der Waals surface area (Å²) in [7, 11) is -3.83. The Morgan fingerprint density at radius 3 is 2.50 bits per heavy atom. The topological polar surface area (TPSA) is 123 Å². The van der Waals surface area contributed by atoms with Crippen LogP contribution in [0.2, 0.25) is 0 Å². The van der Waals surface area contributed by atoms with Crippen LogP contribution in [0.5, 0.6) is 0 Å². The van der Waals surface area contributed by atoms with Crippen molar-refractivity contribution >= 4 is 15.7 Å². The van der Waals surface area contributed by atoms with Crippen LogP contribution in [0.25, 0.3) is 16.8 Å². The molecule has 3 rings (SSSR count). The number of carbonyl (C=O) groups is 1.